The number of amides is 2. The zero-order valence-electron chi connectivity index (χ0n) is 14.7. The second-order valence-electron chi connectivity index (χ2n) is 6.10. The monoisotopic (exact) mass is 378 g/mol. The first kappa shape index (κ1) is 18.5. The highest BCUT2D eigenvalue weighted by Crippen LogP contribution is 2.15. The molecular formula is C16H22N6O3S. The van der Waals surface area contributed by atoms with Crippen molar-refractivity contribution < 1.29 is 14.3 Å². The van der Waals surface area contributed by atoms with Gasteiger partial charge in [0.15, 0.2) is 0 Å². The van der Waals surface area contributed by atoms with Crippen molar-refractivity contribution in [3.8, 4) is 0 Å². The van der Waals surface area contributed by atoms with Gasteiger partial charge in [-0.15, -0.1) is 11.3 Å². The maximum absolute atomic E-state index is 12.6. The first-order valence-corrected chi connectivity index (χ1v) is 9.33. The topological polar surface area (TPSA) is 93.5 Å². The molecule has 0 aromatic carbocycles. The number of hydrogen-bond acceptors (Lipinski definition) is 7. The number of ether oxygens (including phenoxy) is 1. The van der Waals surface area contributed by atoms with E-state index >= 15 is 0 Å². The van der Waals surface area contributed by atoms with Crippen LogP contribution in [0, 0.1) is 0 Å². The second-order valence-corrected chi connectivity index (χ2v) is 7.08. The lowest BCUT2D eigenvalue weighted by molar-refractivity contribution is -0.143. The Bertz CT molecular complexity index is 706. The molecule has 0 bridgehead atoms. The van der Waals surface area contributed by atoms with Crippen molar-refractivity contribution >= 4 is 23.2 Å². The Labute approximate surface area is 155 Å². The second kappa shape index (κ2) is 8.86. The average molecular weight is 378 g/mol. The summed E-state index contributed by atoms with van der Waals surface area (Å²) in [5.41, 5.74) is 0. The summed E-state index contributed by atoms with van der Waals surface area (Å²) in [5.74, 6) is -0.0195. The molecule has 2 amide bonds. The standard InChI is InChI=1S/C16H22N6O3S/c1-20(9-14-18-3-7-26-14)16(24)8-13-10-25-6-5-22(13)15(23)2-4-21-12-17-11-19-21/h3,7,11-13H,2,4-6,8-10H2,1H3/t13-/m1/s1. The lowest BCUT2D eigenvalue weighted by Crippen LogP contribution is -2.50. The number of carbonyl (C=O) groups excluding carboxylic acids is 2. The lowest BCUT2D eigenvalue weighted by atomic mass is 10.1. The molecule has 1 atom stereocenters. The summed E-state index contributed by atoms with van der Waals surface area (Å²) >= 11 is 1.52. The van der Waals surface area contributed by atoms with Gasteiger partial charge < -0.3 is 14.5 Å². The molecule has 0 spiro atoms. The summed E-state index contributed by atoms with van der Waals surface area (Å²) < 4.78 is 7.12. The van der Waals surface area contributed by atoms with E-state index in [0.717, 1.165) is 5.01 Å². The van der Waals surface area contributed by atoms with Crippen LogP contribution in [0.3, 0.4) is 0 Å². The number of aryl methyl sites for hydroxylation is 1. The zero-order valence-corrected chi connectivity index (χ0v) is 15.5. The average Bonchev–Trinajstić information content (AvgIpc) is 3.34. The van der Waals surface area contributed by atoms with Crippen LogP contribution in [0.2, 0.25) is 0 Å². The molecule has 0 N–H and O–H groups in total. The number of morpholine rings is 1. The summed E-state index contributed by atoms with van der Waals surface area (Å²) in [6.45, 7) is 2.33. The molecule has 1 fully saturated rings. The van der Waals surface area contributed by atoms with Crippen LogP contribution in [-0.4, -0.2) is 74.2 Å². The van der Waals surface area contributed by atoms with E-state index in [1.807, 2.05) is 5.38 Å². The summed E-state index contributed by atoms with van der Waals surface area (Å²) in [4.78, 5) is 36.6. The van der Waals surface area contributed by atoms with Crippen LogP contribution in [0.4, 0.5) is 0 Å². The van der Waals surface area contributed by atoms with E-state index in [1.54, 1.807) is 34.1 Å². The third-order valence-corrected chi connectivity index (χ3v) is 5.03. The van der Waals surface area contributed by atoms with Crippen LogP contribution in [0.25, 0.3) is 0 Å². The minimum Gasteiger partial charge on any atom is -0.377 e. The van der Waals surface area contributed by atoms with Crippen molar-refractivity contribution in [1.82, 2.24) is 29.5 Å². The normalized spacial score (nSPS) is 17.3. The minimum atomic E-state index is -0.238. The van der Waals surface area contributed by atoms with Crippen molar-refractivity contribution in [2.24, 2.45) is 0 Å². The Morgan fingerprint density at radius 2 is 2.35 bits per heavy atom. The third kappa shape index (κ3) is 4.85. The molecule has 3 heterocycles. The molecule has 0 aliphatic carbocycles. The van der Waals surface area contributed by atoms with E-state index in [9.17, 15) is 9.59 Å². The highest BCUT2D eigenvalue weighted by Gasteiger charge is 2.30. The highest BCUT2D eigenvalue weighted by atomic mass is 32.1. The number of nitrogens with zero attached hydrogens (tertiary/aromatic N) is 6. The van der Waals surface area contributed by atoms with Gasteiger partial charge in [0.05, 0.1) is 32.3 Å². The van der Waals surface area contributed by atoms with Gasteiger partial charge in [0.2, 0.25) is 11.8 Å². The van der Waals surface area contributed by atoms with Gasteiger partial charge in [-0.2, -0.15) is 5.10 Å². The molecule has 0 saturated carbocycles. The highest BCUT2D eigenvalue weighted by molar-refractivity contribution is 7.09. The van der Waals surface area contributed by atoms with Gasteiger partial charge in [0, 0.05) is 38.0 Å². The Morgan fingerprint density at radius 3 is 3.08 bits per heavy atom. The van der Waals surface area contributed by atoms with E-state index < -0.39 is 0 Å². The molecule has 140 valence electrons. The molecule has 9 nitrogen and oxygen atoms in total. The quantitative estimate of drug-likeness (QED) is 0.692. The Morgan fingerprint density at radius 1 is 1.46 bits per heavy atom. The predicted octanol–water partition coefficient (Wildman–Crippen LogP) is 0.401. The molecule has 2 aromatic heterocycles. The Kier molecular flexibility index (Phi) is 6.29. The fraction of sp³-hybridized carbons (Fsp3) is 0.562. The van der Waals surface area contributed by atoms with Crippen LogP contribution in [0.15, 0.2) is 24.2 Å². The Hall–Kier alpha value is -2.33. The molecular weight excluding hydrogens is 356 g/mol. The molecule has 10 heteroatoms. The number of rotatable bonds is 7. The van der Waals surface area contributed by atoms with Crippen molar-refractivity contribution in [2.45, 2.75) is 32.0 Å². The Balaban J connectivity index is 1.53. The lowest BCUT2D eigenvalue weighted by Gasteiger charge is -2.36. The summed E-state index contributed by atoms with van der Waals surface area (Å²) in [7, 11) is 1.75. The minimum absolute atomic E-state index is 0.00387. The maximum atomic E-state index is 12.6. The van der Waals surface area contributed by atoms with E-state index in [1.165, 1.54) is 17.7 Å². The van der Waals surface area contributed by atoms with Crippen LogP contribution < -0.4 is 0 Å². The molecule has 2 aromatic rings. The fourth-order valence-corrected chi connectivity index (χ4v) is 3.50. The fourth-order valence-electron chi connectivity index (χ4n) is 2.83. The van der Waals surface area contributed by atoms with Crippen LogP contribution in [-0.2, 0) is 27.4 Å². The molecule has 1 aliphatic heterocycles. The van der Waals surface area contributed by atoms with Gasteiger partial charge in [0.1, 0.15) is 17.7 Å². The van der Waals surface area contributed by atoms with Gasteiger partial charge in [-0.1, -0.05) is 0 Å². The third-order valence-electron chi connectivity index (χ3n) is 4.26. The number of hydrogen-bond donors (Lipinski definition) is 0. The van der Waals surface area contributed by atoms with E-state index in [2.05, 4.69) is 15.1 Å². The molecule has 26 heavy (non-hydrogen) atoms. The van der Waals surface area contributed by atoms with Gasteiger partial charge in [-0.25, -0.2) is 9.97 Å². The SMILES string of the molecule is CN(Cc1nccs1)C(=O)C[C@@H]1COCCN1C(=O)CCn1cncn1. The maximum Gasteiger partial charge on any atom is 0.224 e. The van der Waals surface area contributed by atoms with E-state index in [-0.39, 0.29) is 24.3 Å². The number of aromatic nitrogens is 4. The smallest absolute Gasteiger partial charge is 0.224 e. The van der Waals surface area contributed by atoms with Crippen LogP contribution in [0.5, 0.6) is 0 Å². The van der Waals surface area contributed by atoms with Crippen molar-refractivity contribution in [2.75, 3.05) is 26.8 Å². The summed E-state index contributed by atoms with van der Waals surface area (Å²) in [6, 6.07) is -0.238. The van der Waals surface area contributed by atoms with Gasteiger partial charge in [0.25, 0.3) is 0 Å². The summed E-state index contributed by atoms with van der Waals surface area (Å²) in [5, 5.41) is 6.78. The van der Waals surface area contributed by atoms with Crippen molar-refractivity contribution in [1.29, 1.82) is 0 Å². The van der Waals surface area contributed by atoms with Gasteiger partial charge >= 0.3 is 0 Å². The first-order chi connectivity index (χ1) is 12.6. The van der Waals surface area contributed by atoms with Crippen LogP contribution in [0.1, 0.15) is 17.8 Å². The molecule has 0 radical (unpaired) electrons. The zero-order chi connectivity index (χ0) is 18.4. The number of carbonyl (C=O) groups is 2. The van der Waals surface area contributed by atoms with E-state index in [0.29, 0.717) is 39.3 Å². The summed E-state index contributed by atoms with van der Waals surface area (Å²) in [6.07, 6.45) is 5.32. The van der Waals surface area contributed by atoms with Crippen molar-refractivity contribution in [3.05, 3.63) is 29.2 Å². The predicted molar refractivity (Wildman–Crippen MR) is 94.2 cm³/mol. The van der Waals surface area contributed by atoms with Gasteiger partial charge in [-0.3, -0.25) is 14.3 Å². The van der Waals surface area contributed by atoms with Gasteiger partial charge in [-0.05, 0) is 0 Å². The molecule has 0 unspecified atom stereocenters. The molecule has 1 saturated heterocycles. The molecule has 1 aliphatic rings. The molecule has 3 rings (SSSR count). The first-order valence-electron chi connectivity index (χ1n) is 8.45. The van der Waals surface area contributed by atoms with Crippen molar-refractivity contribution in [3.63, 3.8) is 0 Å². The number of thiazole rings is 1. The van der Waals surface area contributed by atoms with E-state index in [4.69, 9.17) is 4.74 Å². The van der Waals surface area contributed by atoms with Crippen LogP contribution >= 0.6 is 11.3 Å². The largest absolute Gasteiger partial charge is 0.377 e.